The molecular formula is C24H31ClN6O6S. The lowest BCUT2D eigenvalue weighted by atomic mass is 10.1. The third kappa shape index (κ3) is 7.33. The summed E-state index contributed by atoms with van der Waals surface area (Å²) in [5.74, 6) is -0.489. The van der Waals surface area contributed by atoms with E-state index < -0.39 is 33.7 Å². The topological polar surface area (TPSA) is 141 Å². The highest BCUT2D eigenvalue weighted by Gasteiger charge is 2.29. The monoisotopic (exact) mass is 566 g/mol. The fourth-order valence-electron chi connectivity index (χ4n) is 3.44. The first-order valence-electron chi connectivity index (χ1n) is 11.7. The van der Waals surface area contributed by atoms with Gasteiger partial charge in [0.25, 0.3) is 5.91 Å². The number of hydrogen-bond acceptors (Lipinski definition) is 7. The summed E-state index contributed by atoms with van der Waals surface area (Å²) < 4.78 is 31.8. The lowest BCUT2D eigenvalue weighted by Gasteiger charge is -2.35. The molecule has 1 fully saturated rings. The number of aromatic nitrogens is 1. The van der Waals surface area contributed by atoms with Crippen LogP contribution in [0.25, 0.3) is 0 Å². The maximum Gasteiger partial charge on any atom is 0.410 e. The van der Waals surface area contributed by atoms with Gasteiger partial charge in [0.2, 0.25) is 10.0 Å². The average molecular weight is 567 g/mol. The summed E-state index contributed by atoms with van der Waals surface area (Å²) in [6, 6.07) is 6.38. The Hall–Kier alpha value is -3.42. The van der Waals surface area contributed by atoms with E-state index >= 15 is 0 Å². The van der Waals surface area contributed by atoms with E-state index in [0.29, 0.717) is 5.02 Å². The number of anilines is 2. The number of amides is 4. The molecule has 12 nitrogen and oxygen atoms in total. The average Bonchev–Trinajstić information content (AvgIpc) is 2.84. The van der Waals surface area contributed by atoms with Crippen molar-refractivity contribution < 1.29 is 27.5 Å². The molecule has 4 amide bonds. The van der Waals surface area contributed by atoms with Crippen LogP contribution in [0.3, 0.4) is 0 Å². The number of urea groups is 1. The summed E-state index contributed by atoms with van der Waals surface area (Å²) in [7, 11) is -1.11. The number of hydrogen-bond donors (Lipinski definition) is 2. The summed E-state index contributed by atoms with van der Waals surface area (Å²) in [4.78, 5) is 45.4. The van der Waals surface area contributed by atoms with Gasteiger partial charge < -0.3 is 25.2 Å². The molecule has 14 heteroatoms. The Labute approximate surface area is 226 Å². The molecule has 0 bridgehead atoms. The molecule has 1 aliphatic rings. The van der Waals surface area contributed by atoms with Crippen LogP contribution in [0.15, 0.2) is 41.4 Å². The van der Waals surface area contributed by atoms with Crippen molar-refractivity contribution in [3.8, 4) is 0 Å². The summed E-state index contributed by atoms with van der Waals surface area (Å²) in [5.41, 5.74) is -0.602. The van der Waals surface area contributed by atoms with Gasteiger partial charge in [-0.2, -0.15) is 0 Å². The van der Waals surface area contributed by atoms with Crippen LogP contribution in [-0.4, -0.2) is 91.4 Å². The predicted molar refractivity (Wildman–Crippen MR) is 143 cm³/mol. The number of sulfonamides is 1. The summed E-state index contributed by atoms with van der Waals surface area (Å²) >= 11 is 5.85. The van der Waals surface area contributed by atoms with Gasteiger partial charge in [-0.1, -0.05) is 11.6 Å². The molecule has 0 unspecified atom stereocenters. The molecule has 0 spiro atoms. The van der Waals surface area contributed by atoms with Crippen molar-refractivity contribution in [3.05, 3.63) is 47.1 Å². The first-order valence-corrected chi connectivity index (χ1v) is 13.5. The van der Waals surface area contributed by atoms with Crippen molar-refractivity contribution in [3.63, 3.8) is 0 Å². The number of piperazine rings is 1. The van der Waals surface area contributed by atoms with Crippen LogP contribution >= 0.6 is 11.6 Å². The van der Waals surface area contributed by atoms with Gasteiger partial charge >= 0.3 is 12.1 Å². The Morgan fingerprint density at radius 2 is 1.63 bits per heavy atom. The lowest BCUT2D eigenvalue weighted by molar-refractivity contribution is 0.0174. The van der Waals surface area contributed by atoms with Crippen LogP contribution in [0.2, 0.25) is 5.02 Å². The zero-order chi connectivity index (χ0) is 28.3. The van der Waals surface area contributed by atoms with Crippen molar-refractivity contribution >= 4 is 51.2 Å². The van der Waals surface area contributed by atoms with Crippen molar-refractivity contribution in [1.29, 1.82) is 0 Å². The summed E-state index contributed by atoms with van der Waals surface area (Å²) in [6.07, 6.45) is 0.897. The molecule has 2 N–H and O–H groups in total. The maximum atomic E-state index is 13.1. The molecular weight excluding hydrogens is 536 g/mol. The molecule has 1 aromatic heterocycles. The summed E-state index contributed by atoms with van der Waals surface area (Å²) in [6.45, 7) is 6.37. The smallest absolute Gasteiger partial charge is 0.410 e. The van der Waals surface area contributed by atoms with Gasteiger partial charge in [0, 0.05) is 46.5 Å². The molecule has 2 aromatic rings. The molecule has 206 valence electrons. The number of ether oxygens (including phenoxy) is 1. The predicted octanol–water partition coefficient (Wildman–Crippen LogP) is 3.32. The van der Waals surface area contributed by atoms with Crippen LogP contribution < -0.4 is 10.6 Å². The van der Waals surface area contributed by atoms with Crippen LogP contribution in [-0.2, 0) is 14.8 Å². The van der Waals surface area contributed by atoms with E-state index in [1.807, 2.05) is 0 Å². The standard InChI is InChI=1S/C24H31ClN6O6S/c1-24(2,3)37-23(34)31-12-10-30(11-13-31)22(33)27-19-8-7-17(38(35,36)29(4)5)14-18(19)21(32)28-20-9-6-16(25)15-26-20/h6-9,14-15H,10-13H2,1-5H3,(H,27,33)(H,26,28,32). The van der Waals surface area contributed by atoms with Gasteiger partial charge in [0.15, 0.2) is 0 Å². The largest absolute Gasteiger partial charge is 0.444 e. The molecule has 2 heterocycles. The number of carbonyl (C=O) groups is 3. The second kappa shape index (κ2) is 11.5. The Balaban J connectivity index is 1.79. The highest BCUT2D eigenvalue weighted by Crippen LogP contribution is 2.24. The highest BCUT2D eigenvalue weighted by molar-refractivity contribution is 7.89. The van der Waals surface area contributed by atoms with Crippen LogP contribution in [0.4, 0.5) is 21.1 Å². The first kappa shape index (κ1) is 29.1. The fourth-order valence-corrected chi connectivity index (χ4v) is 4.48. The Morgan fingerprint density at radius 1 is 1.00 bits per heavy atom. The lowest BCUT2D eigenvalue weighted by Crippen LogP contribution is -2.52. The second-order valence-electron chi connectivity index (χ2n) is 9.70. The molecule has 0 saturated carbocycles. The van der Waals surface area contributed by atoms with Gasteiger partial charge in [-0.15, -0.1) is 0 Å². The number of nitrogens with zero attached hydrogens (tertiary/aromatic N) is 4. The Kier molecular flexibility index (Phi) is 8.85. The minimum absolute atomic E-state index is 0.0783. The van der Waals surface area contributed by atoms with Gasteiger partial charge in [0.1, 0.15) is 11.4 Å². The molecule has 0 aliphatic carbocycles. The Bertz CT molecular complexity index is 1300. The van der Waals surface area contributed by atoms with Crippen LogP contribution in [0, 0.1) is 0 Å². The zero-order valence-corrected chi connectivity index (χ0v) is 23.4. The fraction of sp³-hybridized carbons (Fsp3) is 0.417. The number of rotatable bonds is 5. The third-order valence-corrected chi connectivity index (χ3v) is 7.48. The van der Waals surface area contributed by atoms with Crippen molar-refractivity contribution in [2.24, 2.45) is 0 Å². The number of nitrogens with one attached hydrogen (secondary N) is 2. The quantitative estimate of drug-likeness (QED) is 0.565. The van der Waals surface area contributed by atoms with E-state index in [1.54, 1.807) is 20.8 Å². The number of carbonyl (C=O) groups excluding carboxylic acids is 3. The molecule has 1 aliphatic heterocycles. The summed E-state index contributed by atoms with van der Waals surface area (Å²) in [5, 5.41) is 5.65. The third-order valence-electron chi connectivity index (χ3n) is 5.44. The molecule has 0 radical (unpaired) electrons. The van der Waals surface area contributed by atoms with E-state index in [1.165, 1.54) is 60.4 Å². The molecule has 3 rings (SSSR count). The van der Waals surface area contributed by atoms with Gasteiger partial charge in [-0.3, -0.25) is 4.79 Å². The molecule has 1 aromatic carbocycles. The van der Waals surface area contributed by atoms with E-state index in [2.05, 4.69) is 15.6 Å². The number of benzene rings is 1. The van der Waals surface area contributed by atoms with Crippen LogP contribution in [0.5, 0.6) is 0 Å². The number of pyridine rings is 1. The van der Waals surface area contributed by atoms with E-state index in [9.17, 15) is 22.8 Å². The van der Waals surface area contributed by atoms with E-state index in [-0.39, 0.29) is 48.1 Å². The minimum Gasteiger partial charge on any atom is -0.444 e. The van der Waals surface area contributed by atoms with Gasteiger partial charge in [0.05, 0.1) is 21.2 Å². The van der Waals surface area contributed by atoms with Gasteiger partial charge in [-0.05, 0) is 51.1 Å². The Morgan fingerprint density at radius 3 is 2.18 bits per heavy atom. The van der Waals surface area contributed by atoms with Crippen LogP contribution in [0.1, 0.15) is 31.1 Å². The SMILES string of the molecule is CN(C)S(=O)(=O)c1ccc(NC(=O)N2CCN(C(=O)OC(C)(C)C)CC2)c(C(=O)Nc2ccc(Cl)cn2)c1. The van der Waals surface area contributed by atoms with Crippen molar-refractivity contribution in [1.82, 2.24) is 19.1 Å². The maximum absolute atomic E-state index is 13.1. The van der Waals surface area contributed by atoms with Gasteiger partial charge in [-0.25, -0.2) is 27.3 Å². The van der Waals surface area contributed by atoms with Crippen molar-refractivity contribution in [2.75, 3.05) is 50.9 Å². The normalized spacial score (nSPS) is 14.3. The van der Waals surface area contributed by atoms with Crippen molar-refractivity contribution in [2.45, 2.75) is 31.3 Å². The van der Waals surface area contributed by atoms with E-state index in [4.69, 9.17) is 16.3 Å². The first-order chi connectivity index (χ1) is 17.7. The number of halogens is 1. The molecule has 1 saturated heterocycles. The second-order valence-corrected chi connectivity index (χ2v) is 12.3. The highest BCUT2D eigenvalue weighted by atomic mass is 35.5. The minimum atomic E-state index is -3.86. The molecule has 38 heavy (non-hydrogen) atoms. The molecule has 0 atom stereocenters. The zero-order valence-electron chi connectivity index (χ0n) is 21.8. The van der Waals surface area contributed by atoms with E-state index in [0.717, 1.165) is 4.31 Å².